The molecule has 2 heteroatoms. The van der Waals surface area contributed by atoms with Gasteiger partial charge >= 0.3 is 0 Å². The average Bonchev–Trinajstić information content (AvgIpc) is 2.65. The summed E-state index contributed by atoms with van der Waals surface area (Å²) in [6.07, 6.45) is 15.1. The van der Waals surface area contributed by atoms with Crippen LogP contribution in [0.25, 0.3) is 0 Å². The zero-order chi connectivity index (χ0) is 17.6. The number of benzene rings is 1. The van der Waals surface area contributed by atoms with Gasteiger partial charge < -0.3 is 4.74 Å². The molecule has 0 radical (unpaired) electrons. The minimum absolute atomic E-state index is 0.145. The Bertz CT molecular complexity index is 545. The number of fused-ring (bicyclic) bond motifs is 1. The van der Waals surface area contributed by atoms with Crippen LogP contribution >= 0.6 is 0 Å². The SMILES string of the molecule is CCCCC1CCC(CCc2cc(F)c3c(c2)CCC(CC)O3)CC1. The van der Waals surface area contributed by atoms with E-state index in [1.807, 2.05) is 0 Å². The van der Waals surface area contributed by atoms with Crippen molar-refractivity contribution in [3.8, 4) is 5.75 Å². The molecule has 1 unspecified atom stereocenters. The lowest BCUT2D eigenvalue weighted by atomic mass is 9.78. The summed E-state index contributed by atoms with van der Waals surface area (Å²) in [5, 5.41) is 0. The highest BCUT2D eigenvalue weighted by atomic mass is 19.1. The second-order valence-electron chi connectivity index (χ2n) is 8.32. The number of ether oxygens (including phenoxy) is 1. The summed E-state index contributed by atoms with van der Waals surface area (Å²) in [4.78, 5) is 0. The number of unbranched alkanes of at least 4 members (excludes halogenated alkanes) is 1. The molecule has 3 rings (SSSR count). The molecule has 0 N–H and O–H groups in total. The average molecular weight is 347 g/mol. The Labute approximate surface area is 153 Å². The molecule has 0 amide bonds. The fourth-order valence-corrected chi connectivity index (χ4v) is 4.68. The van der Waals surface area contributed by atoms with Crippen LogP contribution in [0.15, 0.2) is 12.1 Å². The van der Waals surface area contributed by atoms with Gasteiger partial charge in [0.25, 0.3) is 0 Å². The van der Waals surface area contributed by atoms with Gasteiger partial charge in [0.15, 0.2) is 11.6 Å². The first kappa shape index (κ1) is 18.7. The number of hydrogen-bond donors (Lipinski definition) is 0. The molecule has 0 bridgehead atoms. The number of hydrogen-bond acceptors (Lipinski definition) is 1. The first-order chi connectivity index (χ1) is 12.2. The van der Waals surface area contributed by atoms with Crippen molar-refractivity contribution in [1.29, 1.82) is 0 Å². The molecule has 140 valence electrons. The zero-order valence-electron chi connectivity index (χ0n) is 16.2. The topological polar surface area (TPSA) is 9.23 Å². The lowest BCUT2D eigenvalue weighted by Crippen LogP contribution is -2.22. The third kappa shape index (κ3) is 4.99. The van der Waals surface area contributed by atoms with Crippen LogP contribution in [0.3, 0.4) is 0 Å². The van der Waals surface area contributed by atoms with Crippen molar-refractivity contribution < 1.29 is 9.13 Å². The summed E-state index contributed by atoms with van der Waals surface area (Å²) in [5.41, 5.74) is 2.26. The second-order valence-corrected chi connectivity index (χ2v) is 8.32. The first-order valence-electron chi connectivity index (χ1n) is 10.7. The largest absolute Gasteiger partial charge is 0.487 e. The van der Waals surface area contributed by atoms with Crippen molar-refractivity contribution in [1.82, 2.24) is 0 Å². The van der Waals surface area contributed by atoms with Crippen molar-refractivity contribution in [2.24, 2.45) is 11.8 Å². The quantitative estimate of drug-likeness (QED) is 0.524. The standard InChI is InChI=1S/C23H35FO/c1-3-5-6-17-7-9-18(10-8-17)11-12-19-15-20-13-14-21(4-2)25-23(20)22(24)16-19/h15-18,21H,3-14H2,1-2H3. The maximum absolute atomic E-state index is 14.5. The van der Waals surface area contributed by atoms with Gasteiger partial charge in [0.1, 0.15) is 0 Å². The minimum Gasteiger partial charge on any atom is -0.487 e. The molecule has 0 aromatic heterocycles. The first-order valence-corrected chi connectivity index (χ1v) is 10.7. The van der Waals surface area contributed by atoms with Crippen LogP contribution in [0.5, 0.6) is 5.75 Å². The molecule has 1 fully saturated rings. The lowest BCUT2D eigenvalue weighted by molar-refractivity contribution is 0.161. The normalized spacial score (nSPS) is 26.1. The maximum atomic E-state index is 14.5. The van der Waals surface area contributed by atoms with Crippen LogP contribution < -0.4 is 4.74 Å². The molecule has 0 saturated heterocycles. The Hall–Kier alpha value is -1.05. The summed E-state index contributed by atoms with van der Waals surface area (Å²) in [6.45, 7) is 4.40. The molecule has 1 aliphatic heterocycles. The van der Waals surface area contributed by atoms with Gasteiger partial charge in [-0.1, -0.05) is 64.9 Å². The highest BCUT2D eigenvalue weighted by Crippen LogP contribution is 2.36. The van der Waals surface area contributed by atoms with Crippen LogP contribution in [0, 0.1) is 17.7 Å². The van der Waals surface area contributed by atoms with E-state index >= 15 is 0 Å². The van der Waals surface area contributed by atoms with E-state index in [1.54, 1.807) is 6.07 Å². The van der Waals surface area contributed by atoms with E-state index in [1.165, 1.54) is 56.9 Å². The fourth-order valence-electron chi connectivity index (χ4n) is 4.68. The van der Waals surface area contributed by atoms with Crippen LogP contribution in [0.2, 0.25) is 0 Å². The smallest absolute Gasteiger partial charge is 0.165 e. The zero-order valence-corrected chi connectivity index (χ0v) is 16.2. The molecule has 1 nitrogen and oxygen atoms in total. The van der Waals surface area contributed by atoms with Crippen molar-refractivity contribution in [3.05, 3.63) is 29.1 Å². The van der Waals surface area contributed by atoms with Crippen LogP contribution in [-0.2, 0) is 12.8 Å². The minimum atomic E-state index is -0.145. The molecule has 2 aliphatic rings. The van der Waals surface area contributed by atoms with E-state index in [0.717, 1.165) is 43.1 Å². The van der Waals surface area contributed by atoms with Crippen molar-refractivity contribution in [2.45, 2.75) is 97.0 Å². The van der Waals surface area contributed by atoms with E-state index in [4.69, 9.17) is 4.74 Å². The van der Waals surface area contributed by atoms with Crippen molar-refractivity contribution in [3.63, 3.8) is 0 Å². The van der Waals surface area contributed by atoms with Crippen molar-refractivity contribution >= 4 is 0 Å². The van der Waals surface area contributed by atoms with E-state index < -0.39 is 0 Å². The van der Waals surface area contributed by atoms with E-state index in [2.05, 4.69) is 19.9 Å². The van der Waals surface area contributed by atoms with Gasteiger partial charge in [-0.2, -0.15) is 0 Å². The van der Waals surface area contributed by atoms with Crippen LogP contribution in [-0.4, -0.2) is 6.10 Å². The summed E-state index contributed by atoms with van der Waals surface area (Å²) in [5.74, 6) is 2.20. The monoisotopic (exact) mass is 346 g/mol. The van der Waals surface area contributed by atoms with Gasteiger partial charge in [0.05, 0.1) is 6.10 Å². The number of halogens is 1. The molecule has 1 heterocycles. The van der Waals surface area contributed by atoms with Crippen molar-refractivity contribution in [2.75, 3.05) is 0 Å². The third-order valence-electron chi connectivity index (χ3n) is 6.43. The molecule has 1 atom stereocenters. The molecule has 1 aromatic carbocycles. The molecular weight excluding hydrogens is 311 g/mol. The van der Waals surface area contributed by atoms with Crippen LogP contribution in [0.4, 0.5) is 4.39 Å². The van der Waals surface area contributed by atoms with E-state index in [-0.39, 0.29) is 11.9 Å². The number of aryl methyl sites for hydroxylation is 2. The predicted octanol–water partition coefficient (Wildman–Crippen LogP) is 6.86. The highest BCUT2D eigenvalue weighted by molar-refractivity contribution is 5.40. The fraction of sp³-hybridized carbons (Fsp3) is 0.739. The van der Waals surface area contributed by atoms with Crippen LogP contribution in [0.1, 0.15) is 89.2 Å². The Morgan fingerprint density at radius 1 is 1.00 bits per heavy atom. The molecule has 1 aliphatic carbocycles. The van der Waals surface area contributed by atoms with Gasteiger partial charge in [-0.05, 0) is 61.1 Å². The van der Waals surface area contributed by atoms with Gasteiger partial charge in [-0.25, -0.2) is 4.39 Å². The second kappa shape index (κ2) is 9.05. The predicted molar refractivity (Wildman–Crippen MR) is 103 cm³/mol. The lowest BCUT2D eigenvalue weighted by Gasteiger charge is -2.29. The highest BCUT2D eigenvalue weighted by Gasteiger charge is 2.23. The Morgan fingerprint density at radius 2 is 1.72 bits per heavy atom. The van der Waals surface area contributed by atoms with E-state index in [9.17, 15) is 4.39 Å². The summed E-state index contributed by atoms with van der Waals surface area (Å²) in [7, 11) is 0. The van der Waals surface area contributed by atoms with Gasteiger partial charge in [0, 0.05) is 0 Å². The van der Waals surface area contributed by atoms with Gasteiger partial charge in [-0.15, -0.1) is 0 Å². The Balaban J connectivity index is 1.50. The molecule has 1 aromatic rings. The van der Waals surface area contributed by atoms with E-state index in [0.29, 0.717) is 5.75 Å². The molecule has 25 heavy (non-hydrogen) atoms. The molecule has 1 saturated carbocycles. The van der Waals surface area contributed by atoms with Gasteiger partial charge in [0.2, 0.25) is 0 Å². The Kier molecular flexibility index (Phi) is 6.78. The summed E-state index contributed by atoms with van der Waals surface area (Å²) >= 11 is 0. The summed E-state index contributed by atoms with van der Waals surface area (Å²) in [6, 6.07) is 3.93. The molecule has 0 spiro atoms. The third-order valence-corrected chi connectivity index (χ3v) is 6.43. The van der Waals surface area contributed by atoms with Gasteiger partial charge in [-0.3, -0.25) is 0 Å². The summed E-state index contributed by atoms with van der Waals surface area (Å²) < 4.78 is 20.3. The maximum Gasteiger partial charge on any atom is 0.165 e. The Morgan fingerprint density at radius 3 is 2.40 bits per heavy atom. The number of rotatable bonds is 7. The molecular formula is C23H35FO.